The number of alkyl halides is 1. The molecule has 1 aromatic rings. The molecule has 1 spiro atoms. The number of aryl methyl sites for hydroxylation is 1. The molecule has 4 rings (SSSR count). The molecule has 0 aliphatic carbocycles. The molecule has 3 heterocycles. The highest BCUT2D eigenvalue weighted by atomic mass is 79.9. The van der Waals surface area contributed by atoms with E-state index in [2.05, 4.69) is 22.5 Å². The molecule has 3 fully saturated rings. The number of anilines is 1. The third-order valence-corrected chi connectivity index (χ3v) is 8.30. The number of amides is 2. The van der Waals surface area contributed by atoms with Crippen molar-refractivity contribution < 1.29 is 29.3 Å². The zero-order valence-corrected chi connectivity index (χ0v) is 21.2. The maximum Gasteiger partial charge on any atom is 0.310 e. The van der Waals surface area contributed by atoms with Gasteiger partial charge in [-0.3, -0.25) is 14.4 Å². The molecule has 3 aliphatic heterocycles. The number of rotatable bonds is 9. The number of likely N-dealkylation sites (tertiary alicyclic amines) is 1. The summed E-state index contributed by atoms with van der Waals surface area (Å²) in [6, 6.07) is 4.31. The van der Waals surface area contributed by atoms with Crippen LogP contribution in [0, 0.1) is 18.8 Å². The lowest BCUT2D eigenvalue weighted by Gasteiger charge is -2.37. The summed E-state index contributed by atoms with van der Waals surface area (Å²) in [4.78, 5) is 42.8. The molecule has 2 bridgehead atoms. The lowest BCUT2D eigenvalue weighted by atomic mass is 9.70. The van der Waals surface area contributed by atoms with Gasteiger partial charge in [0, 0.05) is 24.5 Å². The molecule has 6 atom stereocenters. The number of para-hydroxylation sites is 1. The van der Waals surface area contributed by atoms with Crippen LogP contribution in [0.15, 0.2) is 30.9 Å². The lowest BCUT2D eigenvalue weighted by Crippen LogP contribution is -2.57. The third kappa shape index (κ3) is 3.77. The number of hydrogen-bond acceptors (Lipinski definition) is 5. The van der Waals surface area contributed by atoms with Crippen molar-refractivity contribution in [1.29, 1.82) is 0 Å². The van der Waals surface area contributed by atoms with Gasteiger partial charge < -0.3 is 24.7 Å². The Morgan fingerprint density at radius 3 is 2.76 bits per heavy atom. The van der Waals surface area contributed by atoms with Crippen molar-refractivity contribution in [1.82, 2.24) is 4.90 Å². The smallest absolute Gasteiger partial charge is 0.310 e. The second-order valence-electron chi connectivity index (χ2n) is 9.11. The molecular weight excluding hydrogens is 528 g/mol. The number of aliphatic carboxylic acids is 1. The maximum atomic E-state index is 14.3. The zero-order valence-electron chi connectivity index (χ0n) is 18.8. The molecule has 1 aromatic carbocycles. The molecule has 10 heteroatoms. The molecule has 2 amide bonds. The van der Waals surface area contributed by atoms with Crippen LogP contribution in [0.2, 0.25) is 5.02 Å². The molecule has 8 nitrogen and oxygen atoms in total. The molecule has 3 saturated heterocycles. The quantitative estimate of drug-likeness (QED) is 0.276. The van der Waals surface area contributed by atoms with Gasteiger partial charge in [-0.1, -0.05) is 45.7 Å². The van der Waals surface area contributed by atoms with Gasteiger partial charge in [0.05, 0.1) is 28.6 Å². The fourth-order valence-electron chi connectivity index (χ4n) is 5.86. The van der Waals surface area contributed by atoms with Crippen LogP contribution in [0.3, 0.4) is 0 Å². The van der Waals surface area contributed by atoms with Crippen LogP contribution >= 0.6 is 27.5 Å². The maximum absolute atomic E-state index is 14.3. The summed E-state index contributed by atoms with van der Waals surface area (Å²) in [5, 5.41) is 19.6. The Labute approximate surface area is 211 Å². The van der Waals surface area contributed by atoms with E-state index in [1.165, 1.54) is 9.80 Å². The van der Waals surface area contributed by atoms with Gasteiger partial charge in [0.15, 0.2) is 0 Å². The molecule has 0 aromatic heterocycles. The molecule has 34 heavy (non-hydrogen) atoms. The summed E-state index contributed by atoms with van der Waals surface area (Å²) in [6.07, 6.45) is 2.16. The summed E-state index contributed by atoms with van der Waals surface area (Å²) < 4.78 is 6.29. The van der Waals surface area contributed by atoms with Gasteiger partial charge in [-0.25, -0.2) is 0 Å². The Balaban J connectivity index is 1.82. The average Bonchev–Trinajstić information content (AvgIpc) is 3.36. The van der Waals surface area contributed by atoms with Crippen LogP contribution < -0.4 is 4.90 Å². The number of aliphatic hydroxyl groups excluding tert-OH is 1. The number of hydrogen-bond donors (Lipinski definition) is 2. The summed E-state index contributed by atoms with van der Waals surface area (Å²) >= 11 is 10.0. The van der Waals surface area contributed by atoms with Gasteiger partial charge in [-0.05, 0) is 37.8 Å². The number of ether oxygens (including phenoxy) is 1. The first kappa shape index (κ1) is 25.2. The van der Waals surface area contributed by atoms with E-state index < -0.39 is 35.6 Å². The molecule has 3 unspecified atom stereocenters. The van der Waals surface area contributed by atoms with Crippen molar-refractivity contribution in [2.75, 3.05) is 24.6 Å². The highest BCUT2D eigenvalue weighted by Gasteiger charge is 2.76. The summed E-state index contributed by atoms with van der Waals surface area (Å²) in [6.45, 7) is 5.95. The van der Waals surface area contributed by atoms with Crippen molar-refractivity contribution in [3.05, 3.63) is 41.4 Å². The fraction of sp³-hybridized carbons (Fsp3) is 0.542. The molecule has 2 N–H and O–H groups in total. The zero-order chi connectivity index (χ0) is 24.8. The number of carboxylic acids is 1. The molecule has 0 saturated carbocycles. The third-order valence-electron chi connectivity index (χ3n) is 7.15. The number of nitrogens with zero attached hydrogens (tertiary/aromatic N) is 2. The monoisotopic (exact) mass is 554 g/mol. The van der Waals surface area contributed by atoms with Crippen LogP contribution in [0.25, 0.3) is 0 Å². The number of carbonyl (C=O) groups excluding carboxylic acids is 2. The Kier molecular flexibility index (Phi) is 7.11. The number of halogens is 2. The highest BCUT2D eigenvalue weighted by molar-refractivity contribution is 9.09. The van der Waals surface area contributed by atoms with Crippen molar-refractivity contribution >= 4 is 51.0 Å². The average molecular weight is 556 g/mol. The predicted molar refractivity (Wildman–Crippen MR) is 130 cm³/mol. The summed E-state index contributed by atoms with van der Waals surface area (Å²) in [5.74, 6) is -3.88. The van der Waals surface area contributed by atoms with E-state index >= 15 is 0 Å². The predicted octanol–water partition coefficient (Wildman–Crippen LogP) is 2.77. The fourth-order valence-corrected chi connectivity index (χ4v) is 7.13. The molecular formula is C24H28BrClN2O6. The number of carboxylic acid groups (broad SMARTS) is 1. The van der Waals surface area contributed by atoms with E-state index in [0.29, 0.717) is 30.0 Å². The van der Waals surface area contributed by atoms with Crippen molar-refractivity contribution in [2.24, 2.45) is 11.8 Å². The van der Waals surface area contributed by atoms with E-state index in [0.717, 1.165) is 5.56 Å². The van der Waals surface area contributed by atoms with Gasteiger partial charge in [-0.15, -0.1) is 6.58 Å². The van der Waals surface area contributed by atoms with Crippen LogP contribution in [-0.2, 0) is 19.1 Å². The first-order valence-corrected chi connectivity index (χ1v) is 12.6. The first-order chi connectivity index (χ1) is 16.2. The molecule has 3 aliphatic rings. The van der Waals surface area contributed by atoms with Crippen molar-refractivity contribution in [3.63, 3.8) is 0 Å². The van der Waals surface area contributed by atoms with Crippen LogP contribution in [0.5, 0.6) is 0 Å². The van der Waals surface area contributed by atoms with Gasteiger partial charge >= 0.3 is 5.97 Å². The lowest BCUT2D eigenvalue weighted by molar-refractivity contribution is -0.149. The minimum absolute atomic E-state index is 0.0452. The van der Waals surface area contributed by atoms with E-state index in [4.69, 9.17) is 16.3 Å². The Bertz CT molecular complexity index is 1000. The highest BCUT2D eigenvalue weighted by Crippen LogP contribution is 2.60. The molecule has 184 valence electrons. The number of unbranched alkanes of at least 4 members (excludes halogenated alkanes) is 1. The number of aliphatic hydroxyl groups is 1. The first-order valence-electron chi connectivity index (χ1n) is 11.3. The standard InChI is InChI=1S/C24H28BrClN2O6/c1-3-9-27(18-13(2)7-6-8-15(18)26)22(31)20-24-12-14(25)19(34-24)16(23(32)33)17(24)21(30)28(20)10-4-5-11-29/h3,6-8,14,16-17,19-20,29H,1,4-5,9-12H2,2H3,(H,32,33)/t14?,16-,17-,19-,20?,24?/m0/s1. The SMILES string of the molecule is C=CCN(C(=O)C1N(CCCCO)C(=O)[C@@H]2[C@H](C(=O)O)[C@H]3OC12CC3Br)c1c(C)cccc1Cl. The Morgan fingerprint density at radius 1 is 1.41 bits per heavy atom. The van der Waals surface area contributed by atoms with Gasteiger partial charge in [-0.2, -0.15) is 0 Å². The number of fused-ring (bicyclic) bond motifs is 1. The normalized spacial score (nSPS) is 31.6. The van der Waals surface area contributed by atoms with E-state index in [9.17, 15) is 24.6 Å². The summed E-state index contributed by atoms with van der Waals surface area (Å²) in [5.41, 5.74) is 0.0462. The minimum Gasteiger partial charge on any atom is -0.481 e. The summed E-state index contributed by atoms with van der Waals surface area (Å²) in [7, 11) is 0. The number of benzene rings is 1. The Morgan fingerprint density at radius 2 is 2.15 bits per heavy atom. The minimum atomic E-state index is -1.26. The van der Waals surface area contributed by atoms with Crippen LogP contribution in [-0.4, -0.2) is 75.2 Å². The van der Waals surface area contributed by atoms with E-state index in [1.807, 2.05) is 13.0 Å². The largest absolute Gasteiger partial charge is 0.481 e. The van der Waals surface area contributed by atoms with Crippen molar-refractivity contribution in [2.45, 2.75) is 48.8 Å². The van der Waals surface area contributed by atoms with Gasteiger partial charge in [0.25, 0.3) is 5.91 Å². The topological polar surface area (TPSA) is 107 Å². The van der Waals surface area contributed by atoms with Gasteiger partial charge in [0.1, 0.15) is 11.6 Å². The van der Waals surface area contributed by atoms with Crippen LogP contribution in [0.4, 0.5) is 5.69 Å². The van der Waals surface area contributed by atoms with E-state index in [1.54, 1.807) is 18.2 Å². The Hall–Kier alpha value is -1.94. The van der Waals surface area contributed by atoms with Crippen LogP contribution in [0.1, 0.15) is 24.8 Å². The molecule has 0 radical (unpaired) electrons. The second kappa shape index (κ2) is 9.60. The van der Waals surface area contributed by atoms with Crippen molar-refractivity contribution in [3.8, 4) is 0 Å². The van der Waals surface area contributed by atoms with E-state index in [-0.39, 0.29) is 36.3 Å². The number of carbonyl (C=O) groups is 3. The second-order valence-corrected chi connectivity index (χ2v) is 10.7. The van der Waals surface area contributed by atoms with Gasteiger partial charge in [0.2, 0.25) is 5.91 Å².